The highest BCUT2D eigenvalue weighted by Crippen LogP contribution is 2.43. The summed E-state index contributed by atoms with van der Waals surface area (Å²) >= 11 is 0. The summed E-state index contributed by atoms with van der Waals surface area (Å²) in [4.78, 5) is 0. The van der Waals surface area contributed by atoms with Crippen LogP contribution in [0.4, 0.5) is 0 Å². The van der Waals surface area contributed by atoms with Gasteiger partial charge in [-0.05, 0) is 37.3 Å². The summed E-state index contributed by atoms with van der Waals surface area (Å²) in [5.74, 6) is 0.595. The van der Waals surface area contributed by atoms with Crippen LogP contribution in [0.15, 0.2) is 12.1 Å². The second-order valence-corrected chi connectivity index (χ2v) is 7.59. The van der Waals surface area contributed by atoms with Gasteiger partial charge >= 0.3 is 0 Å². The van der Waals surface area contributed by atoms with E-state index in [0.717, 1.165) is 30.6 Å². The maximum absolute atomic E-state index is 6.33. The number of fused-ring (bicyclic) bond motifs is 1. The van der Waals surface area contributed by atoms with Gasteiger partial charge in [0.25, 0.3) is 0 Å². The van der Waals surface area contributed by atoms with Gasteiger partial charge in [0, 0.05) is 25.1 Å². The van der Waals surface area contributed by atoms with Crippen molar-refractivity contribution in [3.63, 3.8) is 0 Å². The topological polar surface area (TPSA) is 62.9 Å². The van der Waals surface area contributed by atoms with Crippen molar-refractivity contribution in [3.05, 3.63) is 28.8 Å². The molecule has 5 heteroatoms. The molecule has 1 fully saturated rings. The van der Waals surface area contributed by atoms with Gasteiger partial charge in [0.2, 0.25) is 0 Å². The van der Waals surface area contributed by atoms with Crippen LogP contribution < -0.4 is 10.5 Å². The van der Waals surface area contributed by atoms with Gasteiger partial charge in [-0.2, -0.15) is 0 Å². The van der Waals surface area contributed by atoms with E-state index in [0.29, 0.717) is 25.7 Å². The minimum atomic E-state index is -0.747. The van der Waals surface area contributed by atoms with Gasteiger partial charge in [0.15, 0.2) is 5.79 Å². The predicted octanol–water partition coefficient (Wildman–Crippen LogP) is 2.77. The third-order valence-electron chi connectivity index (χ3n) is 5.27. The number of hydrogen-bond acceptors (Lipinski definition) is 5. The van der Waals surface area contributed by atoms with Crippen LogP contribution in [-0.2, 0) is 32.8 Å². The van der Waals surface area contributed by atoms with Gasteiger partial charge < -0.3 is 24.7 Å². The molecular formula is C20H31NO4. The van der Waals surface area contributed by atoms with Crippen molar-refractivity contribution in [2.75, 3.05) is 26.9 Å². The Kier molecular flexibility index (Phi) is 5.68. The van der Waals surface area contributed by atoms with E-state index in [1.807, 2.05) is 6.92 Å². The first-order chi connectivity index (χ1) is 11.9. The largest absolute Gasteiger partial charge is 0.487 e. The minimum Gasteiger partial charge on any atom is -0.487 e. The SMILES string of the molecule is COCC1Cc2c(CC(N)C(C)C)ccc(C3(C)OCCCO3)c2O1. The van der Waals surface area contributed by atoms with Crippen LogP contribution in [0.3, 0.4) is 0 Å². The molecule has 3 rings (SSSR count). The maximum atomic E-state index is 6.33. The molecule has 2 aliphatic rings. The highest BCUT2D eigenvalue weighted by Gasteiger charge is 2.39. The highest BCUT2D eigenvalue weighted by atomic mass is 16.7. The lowest BCUT2D eigenvalue weighted by atomic mass is 9.90. The zero-order valence-electron chi connectivity index (χ0n) is 15.8. The van der Waals surface area contributed by atoms with E-state index in [9.17, 15) is 0 Å². The molecule has 1 aromatic rings. The fraction of sp³-hybridized carbons (Fsp3) is 0.700. The zero-order chi connectivity index (χ0) is 18.0. The molecule has 0 saturated carbocycles. The second kappa shape index (κ2) is 7.62. The Morgan fingerprint density at radius 1 is 1.28 bits per heavy atom. The molecule has 140 valence electrons. The standard InChI is InChI=1S/C20H31NO4/c1-13(2)18(21)10-14-6-7-17(20(3)23-8-5-9-24-20)19-16(14)11-15(25-19)12-22-4/h6-7,13,15,18H,5,8-12,21H2,1-4H3. The summed E-state index contributed by atoms with van der Waals surface area (Å²) in [6.07, 6.45) is 2.64. The molecule has 0 amide bonds. The van der Waals surface area contributed by atoms with Gasteiger partial charge in [-0.15, -0.1) is 0 Å². The summed E-state index contributed by atoms with van der Waals surface area (Å²) in [7, 11) is 1.71. The molecule has 1 aromatic carbocycles. The van der Waals surface area contributed by atoms with Crippen LogP contribution in [0.1, 0.15) is 43.9 Å². The van der Waals surface area contributed by atoms with Gasteiger partial charge in [0.1, 0.15) is 11.9 Å². The van der Waals surface area contributed by atoms with Gasteiger partial charge in [-0.3, -0.25) is 0 Å². The van der Waals surface area contributed by atoms with E-state index in [1.165, 1.54) is 11.1 Å². The van der Waals surface area contributed by atoms with E-state index in [2.05, 4.69) is 26.0 Å². The molecule has 2 atom stereocenters. The Bertz CT molecular complexity index is 596. The van der Waals surface area contributed by atoms with Gasteiger partial charge in [0.05, 0.1) is 25.4 Å². The normalized spacial score (nSPS) is 23.4. The first-order valence-electron chi connectivity index (χ1n) is 9.29. The number of benzene rings is 1. The van der Waals surface area contributed by atoms with Crippen LogP contribution in [0.2, 0.25) is 0 Å². The Hall–Kier alpha value is -1.14. The molecule has 25 heavy (non-hydrogen) atoms. The van der Waals surface area contributed by atoms with E-state index in [-0.39, 0.29) is 12.1 Å². The van der Waals surface area contributed by atoms with Crippen LogP contribution >= 0.6 is 0 Å². The van der Waals surface area contributed by atoms with Crippen LogP contribution in [0.25, 0.3) is 0 Å². The van der Waals surface area contributed by atoms with Crippen molar-refractivity contribution in [1.82, 2.24) is 0 Å². The molecule has 0 radical (unpaired) electrons. The molecule has 0 bridgehead atoms. The Morgan fingerprint density at radius 2 is 2.00 bits per heavy atom. The lowest BCUT2D eigenvalue weighted by Crippen LogP contribution is -2.35. The molecule has 2 heterocycles. The van der Waals surface area contributed by atoms with Crippen molar-refractivity contribution in [3.8, 4) is 5.75 Å². The maximum Gasteiger partial charge on any atom is 0.195 e. The predicted molar refractivity (Wildman–Crippen MR) is 96.8 cm³/mol. The van der Waals surface area contributed by atoms with Crippen molar-refractivity contribution < 1.29 is 18.9 Å². The van der Waals surface area contributed by atoms with Gasteiger partial charge in [-0.1, -0.05) is 19.9 Å². The van der Waals surface area contributed by atoms with Crippen molar-refractivity contribution in [2.45, 2.75) is 58.0 Å². The highest BCUT2D eigenvalue weighted by molar-refractivity contribution is 5.51. The van der Waals surface area contributed by atoms with E-state index in [4.69, 9.17) is 24.7 Å². The number of nitrogens with two attached hydrogens (primary N) is 1. The molecule has 0 aromatic heterocycles. The smallest absolute Gasteiger partial charge is 0.195 e. The van der Waals surface area contributed by atoms with Crippen molar-refractivity contribution in [1.29, 1.82) is 0 Å². The lowest BCUT2D eigenvalue weighted by Gasteiger charge is -2.35. The average Bonchev–Trinajstić information content (AvgIpc) is 2.99. The minimum absolute atomic E-state index is 0.0300. The fourth-order valence-corrected chi connectivity index (χ4v) is 3.57. The van der Waals surface area contributed by atoms with Gasteiger partial charge in [-0.25, -0.2) is 0 Å². The monoisotopic (exact) mass is 349 g/mol. The van der Waals surface area contributed by atoms with Crippen molar-refractivity contribution >= 4 is 0 Å². The molecule has 0 aliphatic carbocycles. The molecule has 0 spiro atoms. The number of hydrogen-bond donors (Lipinski definition) is 1. The molecule has 2 aliphatic heterocycles. The van der Waals surface area contributed by atoms with E-state index < -0.39 is 5.79 Å². The van der Waals surface area contributed by atoms with Crippen molar-refractivity contribution in [2.24, 2.45) is 11.7 Å². The lowest BCUT2D eigenvalue weighted by molar-refractivity contribution is -0.265. The molecule has 2 unspecified atom stereocenters. The fourth-order valence-electron chi connectivity index (χ4n) is 3.57. The summed E-state index contributed by atoms with van der Waals surface area (Å²) in [5.41, 5.74) is 9.80. The third kappa shape index (κ3) is 3.85. The Morgan fingerprint density at radius 3 is 2.64 bits per heavy atom. The van der Waals surface area contributed by atoms with E-state index in [1.54, 1.807) is 7.11 Å². The van der Waals surface area contributed by atoms with Crippen LogP contribution in [0.5, 0.6) is 5.75 Å². The summed E-state index contributed by atoms with van der Waals surface area (Å²) in [5, 5.41) is 0. The molecule has 5 nitrogen and oxygen atoms in total. The second-order valence-electron chi connectivity index (χ2n) is 7.59. The number of ether oxygens (including phenoxy) is 4. The quantitative estimate of drug-likeness (QED) is 0.856. The zero-order valence-corrected chi connectivity index (χ0v) is 15.8. The summed E-state index contributed by atoms with van der Waals surface area (Å²) < 4.78 is 23.5. The van der Waals surface area contributed by atoms with Crippen LogP contribution in [-0.4, -0.2) is 39.1 Å². The number of rotatable bonds is 6. The summed E-state index contributed by atoms with van der Waals surface area (Å²) in [6, 6.07) is 4.39. The number of methoxy groups -OCH3 is 1. The summed E-state index contributed by atoms with van der Waals surface area (Å²) in [6.45, 7) is 8.28. The third-order valence-corrected chi connectivity index (χ3v) is 5.27. The average molecular weight is 349 g/mol. The molecule has 1 saturated heterocycles. The molecular weight excluding hydrogens is 318 g/mol. The van der Waals surface area contributed by atoms with E-state index >= 15 is 0 Å². The first-order valence-corrected chi connectivity index (χ1v) is 9.29. The molecule has 2 N–H and O–H groups in total. The Balaban J connectivity index is 1.95. The van der Waals surface area contributed by atoms with Crippen LogP contribution in [0, 0.1) is 5.92 Å². The first kappa shape index (κ1) is 18.6. The Labute approximate surface area is 150 Å².